The molecule has 0 fully saturated rings. The van der Waals surface area contributed by atoms with E-state index in [1.807, 2.05) is 52.0 Å². The van der Waals surface area contributed by atoms with Crippen LogP contribution in [0.4, 0.5) is 11.4 Å². The lowest BCUT2D eigenvalue weighted by atomic mass is 9.90. The van der Waals surface area contributed by atoms with Gasteiger partial charge in [0.05, 0.1) is 11.1 Å². The zero-order chi connectivity index (χ0) is 37.2. The Morgan fingerprint density at radius 2 is 0.922 bits per heavy atom. The van der Waals surface area contributed by atoms with Crippen molar-refractivity contribution in [3.63, 3.8) is 0 Å². The Morgan fingerprint density at radius 3 is 1.33 bits per heavy atom. The average molecular weight is 689 g/mol. The topological polar surface area (TPSA) is 159 Å². The number of nitrogens with zero attached hydrogens (tertiary/aromatic N) is 6. The Balaban J connectivity index is 1.36. The lowest BCUT2D eigenvalue weighted by Crippen LogP contribution is -2.13. The number of carbonyl (C=O) groups is 2. The van der Waals surface area contributed by atoms with Crippen molar-refractivity contribution in [1.82, 2.24) is 0 Å². The number of hydrogen-bond donors (Lipinski definition) is 0. The van der Waals surface area contributed by atoms with Crippen molar-refractivity contribution in [3.8, 4) is 11.5 Å². The molecule has 4 aromatic carbocycles. The molecule has 11 nitrogen and oxygen atoms in total. The molecule has 11 heteroatoms. The van der Waals surface area contributed by atoms with E-state index in [1.165, 1.54) is 0 Å². The summed E-state index contributed by atoms with van der Waals surface area (Å²) >= 11 is 0. The van der Waals surface area contributed by atoms with Crippen LogP contribution >= 0.6 is 0 Å². The molecule has 0 aliphatic rings. The van der Waals surface area contributed by atoms with Crippen molar-refractivity contribution in [2.45, 2.75) is 92.3 Å². The van der Waals surface area contributed by atoms with Crippen molar-refractivity contribution in [3.05, 3.63) is 138 Å². The normalized spacial score (nSPS) is 11.0. The van der Waals surface area contributed by atoms with E-state index in [1.54, 1.807) is 48.5 Å². The van der Waals surface area contributed by atoms with Gasteiger partial charge in [-0.3, -0.25) is 0 Å². The number of rotatable bonds is 14. The van der Waals surface area contributed by atoms with E-state index in [0.29, 0.717) is 22.9 Å². The molecule has 0 unspecified atom stereocenters. The van der Waals surface area contributed by atoms with Crippen molar-refractivity contribution in [2.75, 3.05) is 0 Å². The van der Waals surface area contributed by atoms with Gasteiger partial charge in [-0.25, -0.2) is 9.59 Å². The standard InChI is InChI=1S/C40H44N6O5/c1-23(2)33-17-28(18-34(24(3)4)37(33)43-45-41)22-49-31-15-13-30(14-16-31)40(48)51-39(47)29-11-9-27(10-12-29)21-50-32-19-35(25(5)6)38(44-46-42)36(20-32)26(7)8/h9-20,23-26H,21-22H2,1-8H3. The van der Waals surface area contributed by atoms with Crippen LogP contribution in [-0.4, -0.2) is 11.9 Å². The maximum atomic E-state index is 12.8. The highest BCUT2D eigenvalue weighted by molar-refractivity contribution is 6.02. The van der Waals surface area contributed by atoms with Crippen LogP contribution in [0.3, 0.4) is 0 Å². The van der Waals surface area contributed by atoms with Gasteiger partial charge in [0.25, 0.3) is 0 Å². The fraction of sp³-hybridized carbons (Fsp3) is 0.350. The third kappa shape index (κ3) is 9.69. The van der Waals surface area contributed by atoms with Crippen molar-refractivity contribution in [2.24, 2.45) is 10.2 Å². The molecule has 4 aromatic rings. The number of ether oxygens (including phenoxy) is 3. The van der Waals surface area contributed by atoms with Crippen molar-refractivity contribution in [1.29, 1.82) is 0 Å². The maximum absolute atomic E-state index is 12.8. The zero-order valence-electron chi connectivity index (χ0n) is 30.4. The second kappa shape index (κ2) is 17.3. The summed E-state index contributed by atoms with van der Waals surface area (Å²) in [5, 5.41) is 7.93. The van der Waals surface area contributed by atoms with Crippen LogP contribution in [0.1, 0.15) is 133 Å². The first-order valence-electron chi connectivity index (χ1n) is 17.0. The van der Waals surface area contributed by atoms with E-state index in [9.17, 15) is 9.59 Å². The Morgan fingerprint density at radius 1 is 0.549 bits per heavy atom. The van der Waals surface area contributed by atoms with E-state index in [0.717, 1.165) is 33.4 Å². The van der Waals surface area contributed by atoms with Crippen LogP contribution in [0.25, 0.3) is 20.9 Å². The molecule has 0 N–H and O–H groups in total. The molecule has 0 heterocycles. The summed E-state index contributed by atoms with van der Waals surface area (Å²) in [5.74, 6) is 0.221. The predicted molar refractivity (Wildman–Crippen MR) is 198 cm³/mol. The van der Waals surface area contributed by atoms with Gasteiger partial charge in [0.15, 0.2) is 0 Å². The Kier molecular flexibility index (Phi) is 12.9. The molecule has 0 bridgehead atoms. The number of benzene rings is 4. The molecule has 51 heavy (non-hydrogen) atoms. The Hall–Kier alpha value is -5.76. The van der Waals surface area contributed by atoms with Gasteiger partial charge >= 0.3 is 11.9 Å². The summed E-state index contributed by atoms with van der Waals surface area (Å²) in [6.07, 6.45) is 0. The number of azide groups is 2. The van der Waals surface area contributed by atoms with Gasteiger partial charge in [-0.05, 0) is 117 Å². The van der Waals surface area contributed by atoms with Gasteiger partial charge in [0.2, 0.25) is 0 Å². The van der Waals surface area contributed by atoms with Crippen molar-refractivity contribution >= 4 is 23.3 Å². The third-order valence-electron chi connectivity index (χ3n) is 8.42. The van der Waals surface area contributed by atoms with Gasteiger partial charge in [-0.15, -0.1) is 0 Å². The molecule has 0 amide bonds. The minimum Gasteiger partial charge on any atom is -0.489 e. The first-order chi connectivity index (χ1) is 24.3. The highest BCUT2D eigenvalue weighted by Crippen LogP contribution is 2.39. The lowest BCUT2D eigenvalue weighted by molar-refractivity contribution is 0.0397. The van der Waals surface area contributed by atoms with Crippen LogP contribution in [0.2, 0.25) is 0 Å². The summed E-state index contributed by atoms with van der Waals surface area (Å²) in [5.41, 5.74) is 25.4. The highest BCUT2D eigenvalue weighted by Gasteiger charge is 2.18. The quantitative estimate of drug-likeness (QED) is 0.0423. The van der Waals surface area contributed by atoms with Gasteiger partial charge in [0, 0.05) is 21.2 Å². The summed E-state index contributed by atoms with van der Waals surface area (Å²) in [6.45, 7) is 16.9. The second-order valence-electron chi connectivity index (χ2n) is 13.5. The van der Waals surface area contributed by atoms with E-state index in [2.05, 4.69) is 47.7 Å². The molecule has 0 aliphatic carbocycles. The molecule has 0 radical (unpaired) electrons. The van der Waals surface area contributed by atoms with Crippen LogP contribution in [-0.2, 0) is 18.0 Å². The fourth-order valence-electron chi connectivity index (χ4n) is 5.60. The molecule has 264 valence electrons. The van der Waals surface area contributed by atoms with Gasteiger partial charge < -0.3 is 14.2 Å². The van der Waals surface area contributed by atoms with Gasteiger partial charge in [0.1, 0.15) is 24.7 Å². The maximum Gasteiger partial charge on any atom is 0.346 e. The summed E-state index contributed by atoms with van der Waals surface area (Å²) in [7, 11) is 0. The van der Waals surface area contributed by atoms with Crippen LogP contribution in [0.5, 0.6) is 11.5 Å². The van der Waals surface area contributed by atoms with Crippen molar-refractivity contribution < 1.29 is 23.8 Å². The minimum atomic E-state index is -0.776. The Labute approximate surface area is 298 Å². The molecule has 0 saturated carbocycles. The zero-order valence-corrected chi connectivity index (χ0v) is 30.4. The van der Waals surface area contributed by atoms with E-state index in [-0.39, 0.29) is 48.0 Å². The van der Waals surface area contributed by atoms with Gasteiger partial charge in [-0.2, -0.15) is 0 Å². The smallest absolute Gasteiger partial charge is 0.346 e. The van der Waals surface area contributed by atoms with E-state index < -0.39 is 11.9 Å². The van der Waals surface area contributed by atoms with Crippen LogP contribution < -0.4 is 9.47 Å². The number of hydrogen-bond acceptors (Lipinski definition) is 7. The molecule has 0 aromatic heterocycles. The van der Waals surface area contributed by atoms with E-state index in [4.69, 9.17) is 25.3 Å². The summed E-state index contributed by atoms with van der Waals surface area (Å²) < 4.78 is 17.2. The lowest BCUT2D eigenvalue weighted by Gasteiger charge is -2.19. The number of esters is 2. The van der Waals surface area contributed by atoms with E-state index >= 15 is 0 Å². The minimum absolute atomic E-state index is 0.129. The summed E-state index contributed by atoms with van der Waals surface area (Å²) in [4.78, 5) is 31.6. The highest BCUT2D eigenvalue weighted by atomic mass is 16.6. The molecule has 4 rings (SSSR count). The SMILES string of the molecule is CC(C)c1cc(COc2ccc(C(=O)OC(=O)c3ccc(COc4cc(C(C)C)c(N=[N+]=[N-])c(C(C)C)c4)cc3)cc2)cc(C(C)C)c1N=[N+]=[N-]. The Bertz CT molecular complexity index is 1770. The second-order valence-corrected chi connectivity index (χ2v) is 13.5. The molecule has 0 atom stereocenters. The third-order valence-corrected chi connectivity index (χ3v) is 8.42. The molecular formula is C40H44N6O5. The van der Waals surface area contributed by atoms with Gasteiger partial charge in [-0.1, -0.05) is 89.9 Å². The monoisotopic (exact) mass is 688 g/mol. The summed E-state index contributed by atoms with van der Waals surface area (Å²) in [6, 6.07) is 20.8. The molecular weight excluding hydrogens is 644 g/mol. The van der Waals surface area contributed by atoms with Crippen LogP contribution in [0.15, 0.2) is 83.0 Å². The first kappa shape index (κ1) is 38.0. The van der Waals surface area contributed by atoms with Crippen LogP contribution in [0, 0.1) is 0 Å². The fourth-order valence-corrected chi connectivity index (χ4v) is 5.60. The first-order valence-corrected chi connectivity index (χ1v) is 17.0. The number of carbonyl (C=O) groups excluding carboxylic acids is 2. The molecule has 0 saturated heterocycles. The average Bonchev–Trinajstić information content (AvgIpc) is 3.10. The molecule has 0 aliphatic heterocycles. The predicted octanol–water partition coefficient (Wildman–Crippen LogP) is 12.2. The molecule has 0 spiro atoms. The largest absolute Gasteiger partial charge is 0.489 e.